The predicted octanol–water partition coefficient (Wildman–Crippen LogP) is 3.91. The Labute approximate surface area is 93.1 Å². The van der Waals surface area contributed by atoms with Gasteiger partial charge in [0.25, 0.3) is 0 Å². The van der Waals surface area contributed by atoms with Crippen LogP contribution < -0.4 is 0 Å². The van der Waals surface area contributed by atoms with Gasteiger partial charge in [-0.3, -0.25) is 0 Å². The van der Waals surface area contributed by atoms with Crippen LogP contribution in [0.2, 0.25) is 0 Å². The van der Waals surface area contributed by atoms with Crippen LogP contribution in [0.3, 0.4) is 0 Å². The predicted molar refractivity (Wildman–Crippen MR) is 60.9 cm³/mol. The smallest absolute Gasteiger partial charge is 0.432 e. The summed E-state index contributed by atoms with van der Waals surface area (Å²) in [6, 6.07) is 0. The van der Waals surface area contributed by atoms with E-state index in [0.29, 0.717) is 0 Å². The van der Waals surface area contributed by atoms with E-state index in [2.05, 4.69) is 0 Å². The summed E-state index contributed by atoms with van der Waals surface area (Å²) in [5.41, 5.74) is 0. The molecule has 0 atom stereocenters. The highest BCUT2D eigenvalue weighted by atomic mass is 16.7. The van der Waals surface area contributed by atoms with E-state index in [1.165, 1.54) is 19.3 Å². The SMILES string of the molecule is CC.CC(C)OC(=O)OC1CCCCC1. The van der Waals surface area contributed by atoms with E-state index in [1.54, 1.807) is 0 Å². The molecule has 0 aromatic rings. The minimum Gasteiger partial charge on any atom is -0.432 e. The van der Waals surface area contributed by atoms with Gasteiger partial charge in [0.2, 0.25) is 0 Å². The zero-order chi connectivity index (χ0) is 11.7. The zero-order valence-corrected chi connectivity index (χ0v) is 10.4. The van der Waals surface area contributed by atoms with Crippen LogP contribution in [0.1, 0.15) is 59.8 Å². The molecular formula is C12H24O3. The van der Waals surface area contributed by atoms with Gasteiger partial charge in [-0.05, 0) is 39.5 Å². The maximum Gasteiger partial charge on any atom is 0.508 e. The van der Waals surface area contributed by atoms with Gasteiger partial charge in [-0.1, -0.05) is 20.3 Å². The molecule has 0 amide bonds. The Morgan fingerprint density at radius 3 is 2.13 bits per heavy atom. The molecule has 0 saturated heterocycles. The molecule has 90 valence electrons. The van der Waals surface area contributed by atoms with E-state index < -0.39 is 6.16 Å². The van der Waals surface area contributed by atoms with Crippen LogP contribution in [0.15, 0.2) is 0 Å². The molecule has 0 heterocycles. The molecule has 0 aromatic heterocycles. The van der Waals surface area contributed by atoms with E-state index in [9.17, 15) is 4.79 Å². The van der Waals surface area contributed by atoms with Crippen molar-refractivity contribution in [3.8, 4) is 0 Å². The first-order chi connectivity index (χ1) is 7.18. The van der Waals surface area contributed by atoms with Gasteiger partial charge >= 0.3 is 6.16 Å². The van der Waals surface area contributed by atoms with Crippen molar-refractivity contribution < 1.29 is 14.3 Å². The molecule has 3 heteroatoms. The van der Waals surface area contributed by atoms with Gasteiger partial charge in [0.1, 0.15) is 6.10 Å². The van der Waals surface area contributed by atoms with Crippen molar-refractivity contribution in [2.75, 3.05) is 0 Å². The van der Waals surface area contributed by atoms with E-state index >= 15 is 0 Å². The standard InChI is InChI=1S/C10H18O3.C2H6/c1-8(2)12-10(11)13-9-6-4-3-5-7-9;1-2/h8-9H,3-7H2,1-2H3;1-2H3. The van der Waals surface area contributed by atoms with Crippen LogP contribution >= 0.6 is 0 Å². The van der Waals surface area contributed by atoms with Crippen LogP contribution in [-0.4, -0.2) is 18.4 Å². The molecule has 1 rings (SSSR count). The molecule has 0 aliphatic heterocycles. The lowest BCUT2D eigenvalue weighted by Crippen LogP contribution is -2.23. The summed E-state index contributed by atoms with van der Waals surface area (Å²) in [5.74, 6) is 0. The molecule has 0 bridgehead atoms. The maximum absolute atomic E-state index is 11.1. The second-order valence-corrected chi connectivity index (χ2v) is 3.79. The first-order valence-corrected chi connectivity index (χ1v) is 6.05. The molecule has 0 radical (unpaired) electrons. The monoisotopic (exact) mass is 216 g/mol. The fourth-order valence-electron chi connectivity index (χ4n) is 1.54. The van der Waals surface area contributed by atoms with Gasteiger partial charge < -0.3 is 9.47 Å². The summed E-state index contributed by atoms with van der Waals surface area (Å²) in [7, 11) is 0. The maximum atomic E-state index is 11.1. The molecular weight excluding hydrogens is 192 g/mol. The lowest BCUT2D eigenvalue weighted by atomic mass is 9.98. The molecule has 0 N–H and O–H groups in total. The number of carbonyl (C=O) groups is 1. The van der Waals surface area contributed by atoms with Crippen molar-refractivity contribution in [3.05, 3.63) is 0 Å². The number of carbonyl (C=O) groups excluding carboxylic acids is 1. The zero-order valence-electron chi connectivity index (χ0n) is 10.4. The Morgan fingerprint density at radius 2 is 1.67 bits per heavy atom. The Morgan fingerprint density at radius 1 is 1.13 bits per heavy atom. The highest BCUT2D eigenvalue weighted by molar-refractivity contribution is 5.60. The van der Waals surface area contributed by atoms with E-state index in [-0.39, 0.29) is 12.2 Å². The molecule has 1 aliphatic carbocycles. The average molecular weight is 216 g/mol. The number of hydrogen-bond donors (Lipinski definition) is 0. The highest BCUT2D eigenvalue weighted by Gasteiger charge is 2.18. The van der Waals surface area contributed by atoms with Gasteiger partial charge in [-0.15, -0.1) is 0 Å². The second-order valence-electron chi connectivity index (χ2n) is 3.79. The molecule has 3 nitrogen and oxygen atoms in total. The molecule has 0 aromatic carbocycles. The number of hydrogen-bond acceptors (Lipinski definition) is 3. The third-order valence-corrected chi connectivity index (χ3v) is 2.15. The minimum absolute atomic E-state index is 0.0870. The Balaban J connectivity index is 0.000000921. The van der Waals surface area contributed by atoms with Crippen LogP contribution in [0.4, 0.5) is 4.79 Å². The lowest BCUT2D eigenvalue weighted by Gasteiger charge is -2.21. The molecule has 15 heavy (non-hydrogen) atoms. The molecule has 1 fully saturated rings. The Bertz CT molecular complexity index is 160. The lowest BCUT2D eigenvalue weighted by molar-refractivity contribution is -0.00309. The topological polar surface area (TPSA) is 35.5 Å². The van der Waals surface area contributed by atoms with Crippen molar-refractivity contribution >= 4 is 6.16 Å². The highest BCUT2D eigenvalue weighted by Crippen LogP contribution is 2.20. The number of rotatable bonds is 2. The third kappa shape index (κ3) is 7.23. The van der Waals surface area contributed by atoms with E-state index in [4.69, 9.17) is 9.47 Å². The van der Waals surface area contributed by atoms with E-state index in [0.717, 1.165) is 12.8 Å². The van der Waals surface area contributed by atoms with Crippen molar-refractivity contribution in [2.24, 2.45) is 0 Å². The van der Waals surface area contributed by atoms with E-state index in [1.807, 2.05) is 27.7 Å². The normalized spacial score (nSPS) is 16.6. The molecule has 0 unspecified atom stereocenters. The average Bonchev–Trinajstić information content (AvgIpc) is 2.21. The van der Waals surface area contributed by atoms with Crippen LogP contribution in [0.25, 0.3) is 0 Å². The summed E-state index contributed by atoms with van der Waals surface area (Å²) in [6.45, 7) is 7.64. The van der Waals surface area contributed by atoms with Gasteiger partial charge in [-0.2, -0.15) is 0 Å². The summed E-state index contributed by atoms with van der Waals surface area (Å²) in [5, 5.41) is 0. The fourth-order valence-corrected chi connectivity index (χ4v) is 1.54. The molecule has 0 spiro atoms. The van der Waals surface area contributed by atoms with Gasteiger partial charge in [0.05, 0.1) is 6.10 Å². The van der Waals surface area contributed by atoms with Gasteiger partial charge in [0.15, 0.2) is 0 Å². The van der Waals surface area contributed by atoms with Crippen molar-refractivity contribution in [1.82, 2.24) is 0 Å². The quantitative estimate of drug-likeness (QED) is 0.656. The van der Waals surface area contributed by atoms with Gasteiger partial charge in [-0.25, -0.2) is 4.79 Å². The van der Waals surface area contributed by atoms with Gasteiger partial charge in [0, 0.05) is 0 Å². The number of ether oxygens (including phenoxy) is 2. The molecule has 1 aliphatic rings. The summed E-state index contributed by atoms with van der Waals surface area (Å²) < 4.78 is 10.0. The van der Waals surface area contributed by atoms with Crippen molar-refractivity contribution in [3.63, 3.8) is 0 Å². The fraction of sp³-hybridized carbons (Fsp3) is 0.917. The minimum atomic E-state index is -0.512. The van der Waals surface area contributed by atoms with Crippen LogP contribution in [0.5, 0.6) is 0 Å². The molecule has 1 saturated carbocycles. The largest absolute Gasteiger partial charge is 0.508 e. The summed E-state index contributed by atoms with van der Waals surface area (Å²) >= 11 is 0. The van der Waals surface area contributed by atoms with Crippen LogP contribution in [-0.2, 0) is 9.47 Å². The third-order valence-electron chi connectivity index (χ3n) is 2.15. The summed E-state index contributed by atoms with van der Waals surface area (Å²) in [6.07, 6.45) is 5.08. The van der Waals surface area contributed by atoms with Crippen molar-refractivity contribution in [1.29, 1.82) is 0 Å². The Kier molecular flexibility index (Phi) is 8.15. The van der Waals surface area contributed by atoms with Crippen molar-refractivity contribution in [2.45, 2.75) is 72.0 Å². The second kappa shape index (κ2) is 8.57. The summed E-state index contributed by atoms with van der Waals surface area (Å²) in [4.78, 5) is 11.1. The Hall–Kier alpha value is -0.730. The first-order valence-electron chi connectivity index (χ1n) is 6.05. The van der Waals surface area contributed by atoms with Crippen LogP contribution in [0, 0.1) is 0 Å². The first kappa shape index (κ1) is 14.3.